The van der Waals surface area contributed by atoms with Crippen LogP contribution < -0.4 is 16.8 Å². The molecule has 3 rings (SSSR count). The number of amides is 1. The summed E-state index contributed by atoms with van der Waals surface area (Å²) in [7, 11) is 0. The number of nitrogens with two attached hydrogens (primary N) is 1. The molecule has 0 saturated heterocycles. The van der Waals surface area contributed by atoms with Gasteiger partial charge in [-0.05, 0) is 23.6 Å². The Morgan fingerprint density at radius 1 is 1.45 bits per heavy atom. The fourth-order valence-electron chi connectivity index (χ4n) is 1.82. The smallest absolute Gasteiger partial charge is 0.300 e. The number of fused-ring (bicyclic) bond motifs is 1. The molecule has 0 fully saturated rings. The van der Waals surface area contributed by atoms with E-state index in [2.05, 4.69) is 4.98 Å². The maximum Gasteiger partial charge on any atom is 0.300 e. The van der Waals surface area contributed by atoms with Gasteiger partial charge in [0.05, 0.1) is 18.4 Å². The van der Waals surface area contributed by atoms with Gasteiger partial charge in [0.2, 0.25) is 0 Å². The van der Waals surface area contributed by atoms with E-state index in [1.54, 1.807) is 12.1 Å². The molecule has 3 N–H and O–H groups in total. The van der Waals surface area contributed by atoms with Gasteiger partial charge >= 0.3 is 5.91 Å². The average Bonchev–Trinajstić information content (AvgIpc) is 3.10. The second-order valence-electron chi connectivity index (χ2n) is 4.05. The molecule has 0 spiro atoms. The van der Waals surface area contributed by atoms with E-state index in [9.17, 15) is 9.59 Å². The number of carbonyl (C=O) groups excluding carboxylic acids is 1. The maximum absolute atomic E-state index is 12.2. The van der Waals surface area contributed by atoms with Crippen molar-refractivity contribution in [2.24, 2.45) is 5.84 Å². The van der Waals surface area contributed by atoms with Crippen LogP contribution in [0.2, 0.25) is 0 Å². The highest BCUT2D eigenvalue weighted by molar-refractivity contribution is 7.17. The minimum atomic E-state index is -0.518. The SMILES string of the molecule is NNC(=O)c1ccc(Cn2cnc3ccsc3c2=O)o1. The second kappa shape index (κ2) is 4.91. The number of furan rings is 1. The van der Waals surface area contributed by atoms with E-state index in [0.29, 0.717) is 16.0 Å². The van der Waals surface area contributed by atoms with E-state index >= 15 is 0 Å². The standard InChI is InChI=1S/C12H10N4O3S/c13-15-11(17)9-2-1-7(19-9)5-16-6-14-8-3-4-20-10(8)12(16)18/h1-4,6H,5,13H2,(H,15,17). The molecule has 0 bridgehead atoms. The zero-order valence-electron chi connectivity index (χ0n) is 10.2. The van der Waals surface area contributed by atoms with E-state index in [4.69, 9.17) is 10.3 Å². The van der Waals surface area contributed by atoms with Crippen LogP contribution in [0.25, 0.3) is 10.2 Å². The molecule has 0 atom stereocenters. The first-order chi connectivity index (χ1) is 9.69. The van der Waals surface area contributed by atoms with Gasteiger partial charge in [-0.2, -0.15) is 0 Å². The number of carbonyl (C=O) groups is 1. The molecule has 3 aromatic rings. The fraction of sp³-hybridized carbons (Fsp3) is 0.0833. The lowest BCUT2D eigenvalue weighted by Crippen LogP contribution is -2.29. The van der Waals surface area contributed by atoms with Gasteiger partial charge in [0.1, 0.15) is 10.5 Å². The highest BCUT2D eigenvalue weighted by atomic mass is 32.1. The van der Waals surface area contributed by atoms with Crippen LogP contribution in [0, 0.1) is 0 Å². The highest BCUT2D eigenvalue weighted by Gasteiger charge is 2.11. The van der Waals surface area contributed by atoms with E-state index < -0.39 is 5.91 Å². The van der Waals surface area contributed by atoms with E-state index in [0.717, 1.165) is 0 Å². The molecule has 0 radical (unpaired) electrons. The molecule has 8 heteroatoms. The van der Waals surface area contributed by atoms with Gasteiger partial charge < -0.3 is 4.42 Å². The highest BCUT2D eigenvalue weighted by Crippen LogP contribution is 2.14. The number of aromatic nitrogens is 2. The van der Waals surface area contributed by atoms with Crippen LogP contribution in [-0.2, 0) is 6.54 Å². The number of rotatable bonds is 3. The predicted octanol–water partition coefficient (Wildman–Crippen LogP) is 0.703. The Kier molecular flexibility index (Phi) is 3.09. The molecule has 0 aliphatic heterocycles. The zero-order chi connectivity index (χ0) is 14.1. The number of hydrogen-bond donors (Lipinski definition) is 2. The molecule has 7 nitrogen and oxygen atoms in total. The van der Waals surface area contributed by atoms with Crippen LogP contribution >= 0.6 is 11.3 Å². The first-order valence-electron chi connectivity index (χ1n) is 5.71. The number of hydrazine groups is 1. The first kappa shape index (κ1) is 12.6. The van der Waals surface area contributed by atoms with E-state index in [-0.39, 0.29) is 17.9 Å². The lowest BCUT2D eigenvalue weighted by molar-refractivity contribution is 0.0924. The van der Waals surface area contributed by atoms with Crippen LogP contribution in [0.4, 0.5) is 0 Å². The molecule has 0 aliphatic carbocycles. The van der Waals surface area contributed by atoms with Crippen LogP contribution in [0.3, 0.4) is 0 Å². The van der Waals surface area contributed by atoms with Crippen molar-refractivity contribution in [2.45, 2.75) is 6.54 Å². The van der Waals surface area contributed by atoms with Gasteiger partial charge in [-0.1, -0.05) is 0 Å². The summed E-state index contributed by atoms with van der Waals surface area (Å²) in [5, 5.41) is 1.82. The average molecular weight is 290 g/mol. The number of nitrogens with one attached hydrogen (secondary N) is 1. The Balaban J connectivity index is 1.93. The lowest BCUT2D eigenvalue weighted by Gasteiger charge is -2.02. The normalized spacial score (nSPS) is 10.8. The molecule has 102 valence electrons. The summed E-state index contributed by atoms with van der Waals surface area (Å²) < 4.78 is 7.34. The lowest BCUT2D eigenvalue weighted by atomic mass is 10.4. The summed E-state index contributed by atoms with van der Waals surface area (Å²) in [6.45, 7) is 0.206. The number of hydrogen-bond acceptors (Lipinski definition) is 6. The monoisotopic (exact) mass is 290 g/mol. The summed E-state index contributed by atoms with van der Waals surface area (Å²) >= 11 is 1.35. The third kappa shape index (κ3) is 2.10. The Morgan fingerprint density at radius 2 is 2.30 bits per heavy atom. The van der Waals surface area contributed by atoms with Crippen LogP contribution in [0.15, 0.2) is 39.1 Å². The molecular formula is C12H10N4O3S. The molecule has 0 aromatic carbocycles. The third-order valence-corrected chi connectivity index (χ3v) is 3.67. The Labute approximate surface area is 116 Å². The van der Waals surface area contributed by atoms with Crippen molar-refractivity contribution in [1.29, 1.82) is 0 Å². The number of nitrogen functional groups attached to an aromatic ring is 1. The third-order valence-electron chi connectivity index (χ3n) is 2.78. The summed E-state index contributed by atoms with van der Waals surface area (Å²) in [6.07, 6.45) is 1.46. The van der Waals surface area contributed by atoms with Gasteiger partial charge in [-0.3, -0.25) is 19.6 Å². The quantitative estimate of drug-likeness (QED) is 0.420. The van der Waals surface area contributed by atoms with Gasteiger partial charge in [0, 0.05) is 0 Å². The second-order valence-corrected chi connectivity index (χ2v) is 4.97. The molecular weight excluding hydrogens is 280 g/mol. The molecule has 0 saturated carbocycles. The maximum atomic E-state index is 12.2. The van der Waals surface area contributed by atoms with Crippen molar-refractivity contribution < 1.29 is 9.21 Å². The molecule has 20 heavy (non-hydrogen) atoms. The predicted molar refractivity (Wildman–Crippen MR) is 73.3 cm³/mol. The summed E-state index contributed by atoms with van der Waals surface area (Å²) in [4.78, 5) is 27.6. The molecule has 1 amide bonds. The number of thiophene rings is 1. The van der Waals surface area contributed by atoms with Crippen molar-refractivity contribution in [2.75, 3.05) is 0 Å². The summed E-state index contributed by atoms with van der Waals surface area (Å²) in [5.74, 6) is 5.07. The van der Waals surface area contributed by atoms with Gasteiger partial charge in [0.25, 0.3) is 5.56 Å². The van der Waals surface area contributed by atoms with Crippen LogP contribution in [-0.4, -0.2) is 15.5 Å². The minimum Gasteiger partial charge on any atom is -0.454 e. The Morgan fingerprint density at radius 3 is 3.10 bits per heavy atom. The van der Waals surface area contributed by atoms with Crippen molar-refractivity contribution in [3.05, 3.63) is 51.8 Å². The molecule has 0 aliphatic rings. The number of nitrogens with zero attached hydrogens (tertiary/aromatic N) is 2. The molecule has 3 aromatic heterocycles. The van der Waals surface area contributed by atoms with Gasteiger partial charge in [-0.15, -0.1) is 11.3 Å². The fourth-order valence-corrected chi connectivity index (χ4v) is 2.61. The van der Waals surface area contributed by atoms with E-state index in [1.807, 2.05) is 10.8 Å². The zero-order valence-corrected chi connectivity index (χ0v) is 11.0. The van der Waals surface area contributed by atoms with Crippen LogP contribution in [0.1, 0.15) is 16.3 Å². The van der Waals surface area contributed by atoms with Crippen molar-refractivity contribution in [1.82, 2.24) is 15.0 Å². The topological polar surface area (TPSA) is 103 Å². The van der Waals surface area contributed by atoms with E-state index in [1.165, 1.54) is 28.3 Å². The van der Waals surface area contributed by atoms with Gasteiger partial charge in [0.15, 0.2) is 5.76 Å². The summed E-state index contributed by atoms with van der Waals surface area (Å²) in [6, 6.07) is 4.91. The van der Waals surface area contributed by atoms with Crippen molar-refractivity contribution >= 4 is 27.5 Å². The first-order valence-corrected chi connectivity index (χ1v) is 6.59. The van der Waals surface area contributed by atoms with Crippen molar-refractivity contribution in [3.63, 3.8) is 0 Å². The van der Waals surface area contributed by atoms with Gasteiger partial charge in [-0.25, -0.2) is 10.8 Å². The molecule has 3 heterocycles. The Hall–Kier alpha value is -2.45. The molecule has 0 unspecified atom stereocenters. The minimum absolute atomic E-state index is 0.0979. The summed E-state index contributed by atoms with van der Waals surface area (Å²) in [5.41, 5.74) is 2.53. The Bertz CT molecular complexity index is 832. The largest absolute Gasteiger partial charge is 0.454 e. The van der Waals surface area contributed by atoms with Crippen LogP contribution in [0.5, 0.6) is 0 Å². The van der Waals surface area contributed by atoms with Crippen molar-refractivity contribution in [3.8, 4) is 0 Å².